The standard InChI is InChI=1S/C20H26O2/c1-6-15-10-17(8-12(3)19(15)21)14(5)18-9-13(4)20(22)16(7-2)11-18/h8-11,14,21-22H,6-7H2,1-5H3. The van der Waals surface area contributed by atoms with Crippen LogP contribution in [0.15, 0.2) is 24.3 Å². The molecule has 0 amide bonds. The fourth-order valence-electron chi connectivity index (χ4n) is 3.00. The molecule has 2 N–H and O–H groups in total. The first kappa shape index (κ1) is 16.4. The lowest BCUT2D eigenvalue weighted by Crippen LogP contribution is -2.01. The van der Waals surface area contributed by atoms with Gasteiger partial charge >= 0.3 is 0 Å². The molecule has 2 rings (SSSR count). The molecule has 0 aliphatic heterocycles. The van der Waals surface area contributed by atoms with Crippen LogP contribution in [0, 0.1) is 13.8 Å². The molecule has 0 atom stereocenters. The van der Waals surface area contributed by atoms with Gasteiger partial charge in [0.2, 0.25) is 0 Å². The highest BCUT2D eigenvalue weighted by atomic mass is 16.3. The SMILES string of the molecule is CCc1cc(C(C)c2cc(C)c(O)c(CC)c2)cc(C)c1O. The summed E-state index contributed by atoms with van der Waals surface area (Å²) in [5, 5.41) is 20.2. The molecule has 0 spiro atoms. The highest BCUT2D eigenvalue weighted by Crippen LogP contribution is 2.34. The van der Waals surface area contributed by atoms with Crippen LogP contribution in [0.4, 0.5) is 0 Å². The van der Waals surface area contributed by atoms with E-state index in [0.717, 1.165) is 35.1 Å². The van der Waals surface area contributed by atoms with Gasteiger partial charge in [0.15, 0.2) is 0 Å². The Bertz CT molecular complexity index is 627. The zero-order valence-electron chi connectivity index (χ0n) is 14.2. The van der Waals surface area contributed by atoms with E-state index < -0.39 is 0 Å². The lowest BCUT2D eigenvalue weighted by atomic mass is 9.87. The van der Waals surface area contributed by atoms with Crippen molar-refractivity contribution in [1.82, 2.24) is 0 Å². The molecule has 0 bridgehead atoms. The van der Waals surface area contributed by atoms with Gasteiger partial charge in [0.05, 0.1) is 0 Å². The Labute approximate surface area is 133 Å². The highest BCUT2D eigenvalue weighted by molar-refractivity contribution is 5.49. The number of hydrogen-bond acceptors (Lipinski definition) is 2. The Morgan fingerprint density at radius 1 is 0.773 bits per heavy atom. The second-order valence-electron chi connectivity index (χ2n) is 6.12. The zero-order valence-corrected chi connectivity index (χ0v) is 14.2. The second kappa shape index (κ2) is 6.43. The maximum Gasteiger partial charge on any atom is 0.121 e. The summed E-state index contributed by atoms with van der Waals surface area (Å²) in [5.41, 5.74) is 6.25. The van der Waals surface area contributed by atoms with E-state index in [1.54, 1.807) is 0 Å². The van der Waals surface area contributed by atoms with Gasteiger partial charge in [-0.25, -0.2) is 0 Å². The number of phenols is 2. The van der Waals surface area contributed by atoms with E-state index in [4.69, 9.17) is 0 Å². The highest BCUT2D eigenvalue weighted by Gasteiger charge is 2.15. The average molecular weight is 298 g/mol. The minimum Gasteiger partial charge on any atom is -0.507 e. The Kier molecular flexibility index (Phi) is 4.80. The van der Waals surface area contributed by atoms with E-state index in [1.165, 1.54) is 11.1 Å². The molecule has 0 heterocycles. The number of aromatic hydroxyl groups is 2. The maximum absolute atomic E-state index is 10.1. The number of benzene rings is 2. The lowest BCUT2D eigenvalue weighted by molar-refractivity contribution is 0.464. The van der Waals surface area contributed by atoms with Crippen molar-refractivity contribution in [3.05, 3.63) is 57.6 Å². The van der Waals surface area contributed by atoms with Gasteiger partial charge in [0.25, 0.3) is 0 Å². The molecule has 0 aliphatic carbocycles. The molecule has 0 unspecified atom stereocenters. The molecule has 0 aromatic heterocycles. The number of phenolic OH excluding ortho intramolecular Hbond substituents is 2. The predicted molar refractivity (Wildman–Crippen MR) is 92.0 cm³/mol. The summed E-state index contributed by atoms with van der Waals surface area (Å²) in [6.07, 6.45) is 1.64. The van der Waals surface area contributed by atoms with Crippen molar-refractivity contribution in [2.45, 2.75) is 53.4 Å². The van der Waals surface area contributed by atoms with Crippen LogP contribution < -0.4 is 0 Å². The topological polar surface area (TPSA) is 40.5 Å². The molecule has 2 heteroatoms. The van der Waals surface area contributed by atoms with Crippen LogP contribution in [-0.4, -0.2) is 10.2 Å². The predicted octanol–water partition coefficient (Wildman–Crippen LogP) is 4.99. The summed E-state index contributed by atoms with van der Waals surface area (Å²) in [6, 6.07) is 8.32. The van der Waals surface area contributed by atoms with Crippen molar-refractivity contribution in [2.24, 2.45) is 0 Å². The Morgan fingerprint density at radius 2 is 1.14 bits per heavy atom. The van der Waals surface area contributed by atoms with Gasteiger partial charge in [-0.05, 0) is 60.1 Å². The van der Waals surface area contributed by atoms with Crippen molar-refractivity contribution in [2.75, 3.05) is 0 Å². The first-order valence-corrected chi connectivity index (χ1v) is 8.03. The molecule has 2 aromatic carbocycles. The quantitative estimate of drug-likeness (QED) is 0.834. The van der Waals surface area contributed by atoms with Gasteiger partial charge in [-0.2, -0.15) is 0 Å². The van der Waals surface area contributed by atoms with Crippen LogP contribution in [0.2, 0.25) is 0 Å². The molecule has 0 radical (unpaired) electrons. The summed E-state index contributed by atoms with van der Waals surface area (Å²) in [6.45, 7) is 10.2. The maximum atomic E-state index is 10.1. The van der Waals surface area contributed by atoms with E-state index in [9.17, 15) is 10.2 Å². The normalized spacial score (nSPS) is 11.2. The van der Waals surface area contributed by atoms with Crippen LogP contribution in [0.3, 0.4) is 0 Å². The van der Waals surface area contributed by atoms with Gasteiger partial charge in [0, 0.05) is 5.92 Å². The van der Waals surface area contributed by atoms with Crippen molar-refractivity contribution in [3.8, 4) is 11.5 Å². The fraction of sp³-hybridized carbons (Fsp3) is 0.400. The molecule has 0 saturated heterocycles. The summed E-state index contributed by atoms with van der Waals surface area (Å²) >= 11 is 0. The second-order valence-corrected chi connectivity index (χ2v) is 6.12. The van der Waals surface area contributed by atoms with Crippen LogP contribution in [0.1, 0.15) is 60.1 Å². The van der Waals surface area contributed by atoms with E-state index in [0.29, 0.717) is 11.5 Å². The van der Waals surface area contributed by atoms with Crippen molar-refractivity contribution in [1.29, 1.82) is 0 Å². The van der Waals surface area contributed by atoms with Gasteiger partial charge in [-0.1, -0.05) is 45.0 Å². The molecular formula is C20H26O2. The van der Waals surface area contributed by atoms with E-state index >= 15 is 0 Å². The number of rotatable bonds is 4. The third-order valence-corrected chi connectivity index (χ3v) is 4.57. The molecule has 22 heavy (non-hydrogen) atoms. The summed E-state index contributed by atoms with van der Waals surface area (Å²) in [5.74, 6) is 1.05. The minimum absolute atomic E-state index is 0.231. The van der Waals surface area contributed by atoms with Crippen molar-refractivity contribution >= 4 is 0 Å². The van der Waals surface area contributed by atoms with Crippen LogP contribution >= 0.6 is 0 Å². The molecule has 0 aliphatic rings. The average Bonchev–Trinajstić information content (AvgIpc) is 2.51. The first-order chi connectivity index (χ1) is 10.4. The van der Waals surface area contributed by atoms with Crippen molar-refractivity contribution in [3.63, 3.8) is 0 Å². The zero-order chi connectivity index (χ0) is 16.4. The Morgan fingerprint density at radius 3 is 1.45 bits per heavy atom. The fourth-order valence-corrected chi connectivity index (χ4v) is 3.00. The Hall–Kier alpha value is -1.96. The third-order valence-electron chi connectivity index (χ3n) is 4.57. The first-order valence-electron chi connectivity index (χ1n) is 8.03. The monoisotopic (exact) mass is 298 g/mol. The molecular weight excluding hydrogens is 272 g/mol. The van der Waals surface area contributed by atoms with Gasteiger partial charge in [-0.15, -0.1) is 0 Å². The molecule has 2 aromatic rings. The van der Waals surface area contributed by atoms with E-state index in [2.05, 4.69) is 45.0 Å². The molecule has 0 saturated carbocycles. The van der Waals surface area contributed by atoms with Crippen LogP contribution in [0.25, 0.3) is 0 Å². The van der Waals surface area contributed by atoms with Crippen molar-refractivity contribution < 1.29 is 10.2 Å². The minimum atomic E-state index is 0.231. The molecule has 2 nitrogen and oxygen atoms in total. The Balaban J connectivity index is 2.50. The number of aryl methyl sites for hydroxylation is 4. The smallest absolute Gasteiger partial charge is 0.121 e. The van der Waals surface area contributed by atoms with E-state index in [-0.39, 0.29) is 5.92 Å². The van der Waals surface area contributed by atoms with E-state index in [1.807, 2.05) is 13.8 Å². The molecule has 0 fully saturated rings. The summed E-state index contributed by atoms with van der Waals surface area (Å²) in [4.78, 5) is 0. The van der Waals surface area contributed by atoms with Gasteiger partial charge < -0.3 is 10.2 Å². The third kappa shape index (κ3) is 2.96. The van der Waals surface area contributed by atoms with Crippen LogP contribution in [0.5, 0.6) is 11.5 Å². The molecule has 118 valence electrons. The lowest BCUT2D eigenvalue weighted by Gasteiger charge is -2.18. The van der Waals surface area contributed by atoms with Gasteiger partial charge in [-0.3, -0.25) is 0 Å². The largest absolute Gasteiger partial charge is 0.507 e. The van der Waals surface area contributed by atoms with Gasteiger partial charge in [0.1, 0.15) is 11.5 Å². The van der Waals surface area contributed by atoms with Crippen LogP contribution in [-0.2, 0) is 12.8 Å². The number of hydrogen-bond donors (Lipinski definition) is 2. The summed E-state index contributed by atoms with van der Waals surface area (Å²) < 4.78 is 0. The summed E-state index contributed by atoms with van der Waals surface area (Å²) in [7, 11) is 0.